The summed E-state index contributed by atoms with van der Waals surface area (Å²) in [6, 6.07) is 10.0. The lowest BCUT2D eigenvalue weighted by Crippen LogP contribution is -2.44. The fourth-order valence-corrected chi connectivity index (χ4v) is 4.08. The second-order valence-corrected chi connectivity index (χ2v) is 8.00. The topological polar surface area (TPSA) is 86.1 Å². The highest BCUT2D eigenvalue weighted by Gasteiger charge is 2.25. The Morgan fingerprint density at radius 1 is 1.29 bits per heavy atom. The van der Waals surface area contributed by atoms with Gasteiger partial charge in [0.15, 0.2) is 0 Å². The molecule has 0 atom stereocenters. The van der Waals surface area contributed by atoms with Gasteiger partial charge in [0.2, 0.25) is 10.0 Å². The van der Waals surface area contributed by atoms with E-state index in [-0.39, 0.29) is 6.04 Å². The number of rotatable bonds is 3. The molecule has 0 saturated carbocycles. The molecular formula is C17H20N4O2S. The number of aryl methyl sites for hydroxylation is 1. The zero-order chi connectivity index (χ0) is 17.3. The largest absolute Gasteiger partial charge is 0.355 e. The normalized spacial score (nSPS) is 16.3. The average molecular weight is 344 g/mol. The molecule has 6 nitrogen and oxygen atoms in total. The van der Waals surface area contributed by atoms with Crippen molar-refractivity contribution in [2.45, 2.75) is 25.8 Å². The number of fused-ring (bicyclic) bond motifs is 1. The SMILES string of the molecule is Cc1c(C#N)c(N2CCC(NS(C)(=O)=O)CC2)nc2ccccc12. The number of hydrogen-bond donors (Lipinski definition) is 1. The first-order valence-electron chi connectivity index (χ1n) is 7.91. The summed E-state index contributed by atoms with van der Waals surface area (Å²) in [7, 11) is -3.19. The summed E-state index contributed by atoms with van der Waals surface area (Å²) in [4.78, 5) is 6.78. The van der Waals surface area contributed by atoms with E-state index in [0.717, 1.165) is 16.5 Å². The summed E-state index contributed by atoms with van der Waals surface area (Å²) < 4.78 is 25.4. The summed E-state index contributed by atoms with van der Waals surface area (Å²) in [5, 5.41) is 10.6. The molecule has 1 N–H and O–H groups in total. The third kappa shape index (κ3) is 3.35. The summed E-state index contributed by atoms with van der Waals surface area (Å²) in [6.45, 7) is 3.29. The van der Waals surface area contributed by atoms with Crippen molar-refractivity contribution in [3.8, 4) is 6.07 Å². The van der Waals surface area contributed by atoms with E-state index >= 15 is 0 Å². The van der Waals surface area contributed by atoms with Gasteiger partial charge in [0.1, 0.15) is 11.9 Å². The Morgan fingerprint density at radius 2 is 1.96 bits per heavy atom. The molecule has 7 heteroatoms. The van der Waals surface area contributed by atoms with Gasteiger partial charge in [-0.1, -0.05) is 18.2 Å². The van der Waals surface area contributed by atoms with Crippen LogP contribution in [0, 0.1) is 18.3 Å². The van der Waals surface area contributed by atoms with Crippen molar-refractivity contribution in [1.29, 1.82) is 5.26 Å². The van der Waals surface area contributed by atoms with Crippen LogP contribution < -0.4 is 9.62 Å². The zero-order valence-electron chi connectivity index (χ0n) is 13.8. The van der Waals surface area contributed by atoms with Crippen LogP contribution in [0.4, 0.5) is 5.82 Å². The van der Waals surface area contributed by atoms with Crippen LogP contribution in [0.2, 0.25) is 0 Å². The third-order valence-electron chi connectivity index (χ3n) is 4.42. The van der Waals surface area contributed by atoms with E-state index in [4.69, 9.17) is 4.98 Å². The van der Waals surface area contributed by atoms with Gasteiger partial charge in [-0.05, 0) is 31.4 Å². The quantitative estimate of drug-likeness (QED) is 0.919. The van der Waals surface area contributed by atoms with E-state index in [1.165, 1.54) is 6.26 Å². The summed E-state index contributed by atoms with van der Waals surface area (Å²) in [5.74, 6) is 0.700. The number of sulfonamides is 1. The van der Waals surface area contributed by atoms with Gasteiger partial charge < -0.3 is 4.90 Å². The first kappa shape index (κ1) is 16.7. The molecule has 2 heterocycles. The van der Waals surface area contributed by atoms with Crippen molar-refractivity contribution >= 4 is 26.7 Å². The number of para-hydroxylation sites is 1. The molecular weight excluding hydrogens is 324 g/mol. The minimum Gasteiger partial charge on any atom is -0.355 e. The minimum absolute atomic E-state index is 0.0525. The molecule has 0 radical (unpaired) electrons. The fraction of sp³-hybridized carbons (Fsp3) is 0.412. The van der Waals surface area contributed by atoms with Crippen LogP contribution in [-0.2, 0) is 10.0 Å². The van der Waals surface area contributed by atoms with E-state index in [9.17, 15) is 13.7 Å². The molecule has 1 saturated heterocycles. The Labute approximate surface area is 142 Å². The third-order valence-corrected chi connectivity index (χ3v) is 5.18. The van der Waals surface area contributed by atoms with E-state index in [1.54, 1.807) is 0 Å². The lowest BCUT2D eigenvalue weighted by Gasteiger charge is -2.33. The fourth-order valence-electron chi connectivity index (χ4n) is 3.24. The Hall–Kier alpha value is -2.17. The van der Waals surface area contributed by atoms with Crippen LogP contribution in [0.15, 0.2) is 24.3 Å². The monoisotopic (exact) mass is 344 g/mol. The van der Waals surface area contributed by atoms with Crippen molar-refractivity contribution < 1.29 is 8.42 Å². The standard InChI is InChI=1S/C17H20N4O2S/c1-12-14-5-3-4-6-16(14)19-17(15(12)11-18)21-9-7-13(8-10-21)20-24(2,22)23/h3-6,13,20H,7-10H2,1-2H3. The molecule has 0 unspecified atom stereocenters. The molecule has 1 aliphatic heterocycles. The first-order chi connectivity index (χ1) is 11.4. The van der Waals surface area contributed by atoms with Crippen molar-refractivity contribution in [2.75, 3.05) is 24.2 Å². The number of nitriles is 1. The molecule has 1 fully saturated rings. The Morgan fingerprint density at radius 3 is 2.58 bits per heavy atom. The van der Waals surface area contributed by atoms with Gasteiger partial charge >= 0.3 is 0 Å². The molecule has 3 rings (SSSR count). The van der Waals surface area contributed by atoms with Crippen LogP contribution in [-0.4, -0.2) is 38.8 Å². The van der Waals surface area contributed by atoms with Crippen molar-refractivity contribution in [2.24, 2.45) is 0 Å². The van der Waals surface area contributed by atoms with E-state index in [1.807, 2.05) is 31.2 Å². The zero-order valence-corrected chi connectivity index (χ0v) is 14.6. The second-order valence-electron chi connectivity index (χ2n) is 6.22. The van der Waals surface area contributed by atoms with E-state index in [0.29, 0.717) is 37.3 Å². The van der Waals surface area contributed by atoms with Gasteiger partial charge in [-0.15, -0.1) is 0 Å². The lowest BCUT2D eigenvalue weighted by molar-refractivity contribution is 0.460. The second kappa shape index (κ2) is 6.38. The molecule has 24 heavy (non-hydrogen) atoms. The number of nitrogens with zero attached hydrogens (tertiary/aromatic N) is 3. The van der Waals surface area contributed by atoms with Gasteiger partial charge in [-0.2, -0.15) is 5.26 Å². The number of aromatic nitrogens is 1. The number of hydrogen-bond acceptors (Lipinski definition) is 5. The van der Waals surface area contributed by atoms with Crippen molar-refractivity contribution in [1.82, 2.24) is 9.71 Å². The highest BCUT2D eigenvalue weighted by molar-refractivity contribution is 7.88. The Balaban J connectivity index is 1.90. The van der Waals surface area contributed by atoms with Gasteiger partial charge in [-0.3, -0.25) is 0 Å². The lowest BCUT2D eigenvalue weighted by atomic mass is 10.0. The summed E-state index contributed by atoms with van der Waals surface area (Å²) in [5.41, 5.74) is 2.41. The van der Waals surface area contributed by atoms with Crippen LogP contribution in [0.1, 0.15) is 24.0 Å². The molecule has 126 valence electrons. The maximum Gasteiger partial charge on any atom is 0.208 e. The predicted octanol–water partition coefficient (Wildman–Crippen LogP) is 1.93. The first-order valence-corrected chi connectivity index (χ1v) is 9.80. The number of benzene rings is 1. The maximum atomic E-state index is 11.4. The highest BCUT2D eigenvalue weighted by Crippen LogP contribution is 2.29. The Kier molecular flexibility index (Phi) is 4.43. The Bertz CT molecular complexity index is 910. The van der Waals surface area contributed by atoms with Crippen LogP contribution >= 0.6 is 0 Å². The smallest absolute Gasteiger partial charge is 0.208 e. The van der Waals surface area contributed by atoms with E-state index in [2.05, 4.69) is 15.7 Å². The molecule has 0 bridgehead atoms. The van der Waals surface area contributed by atoms with Crippen LogP contribution in [0.5, 0.6) is 0 Å². The van der Waals surface area contributed by atoms with Crippen LogP contribution in [0.3, 0.4) is 0 Å². The van der Waals surface area contributed by atoms with E-state index < -0.39 is 10.0 Å². The van der Waals surface area contributed by atoms with Crippen molar-refractivity contribution in [3.63, 3.8) is 0 Å². The minimum atomic E-state index is -3.19. The van der Waals surface area contributed by atoms with Gasteiger partial charge in [0.05, 0.1) is 17.3 Å². The predicted molar refractivity (Wildman–Crippen MR) is 94.4 cm³/mol. The van der Waals surface area contributed by atoms with Gasteiger partial charge in [0, 0.05) is 24.5 Å². The number of piperidine rings is 1. The number of anilines is 1. The number of pyridine rings is 1. The van der Waals surface area contributed by atoms with Crippen molar-refractivity contribution in [3.05, 3.63) is 35.4 Å². The maximum absolute atomic E-state index is 11.4. The molecule has 0 spiro atoms. The van der Waals surface area contributed by atoms with Gasteiger partial charge in [-0.25, -0.2) is 18.1 Å². The summed E-state index contributed by atoms with van der Waals surface area (Å²) in [6.07, 6.45) is 2.58. The number of nitrogens with one attached hydrogen (secondary N) is 1. The molecule has 1 aromatic carbocycles. The molecule has 1 aliphatic rings. The summed E-state index contributed by atoms with van der Waals surface area (Å²) >= 11 is 0. The van der Waals surface area contributed by atoms with Crippen LogP contribution in [0.25, 0.3) is 10.9 Å². The van der Waals surface area contributed by atoms with Gasteiger partial charge in [0.25, 0.3) is 0 Å². The average Bonchev–Trinajstić information content (AvgIpc) is 2.54. The molecule has 1 aromatic heterocycles. The molecule has 0 aliphatic carbocycles. The molecule has 0 amide bonds. The highest BCUT2D eigenvalue weighted by atomic mass is 32.2. The molecule has 2 aromatic rings.